The fourth-order valence-corrected chi connectivity index (χ4v) is 2.12. The van der Waals surface area contributed by atoms with Crippen molar-refractivity contribution in [2.45, 2.75) is 90.9 Å². The first-order valence-corrected chi connectivity index (χ1v) is 8.05. The van der Waals surface area contributed by atoms with Gasteiger partial charge in [0.1, 0.15) is 0 Å². The smallest absolute Gasteiger partial charge is 0.662 e. The average Bonchev–Trinajstić information content (AvgIpc) is 2.35. The van der Waals surface area contributed by atoms with Crippen molar-refractivity contribution in [3.05, 3.63) is 5.32 Å². The molecule has 104 valence electrons. The van der Waals surface area contributed by atoms with Crippen LogP contribution in [0.15, 0.2) is 0 Å². The van der Waals surface area contributed by atoms with E-state index < -0.39 is 0 Å². The average molecular weight is 247 g/mol. The molecule has 0 aromatic rings. The fraction of sp³-hybridized carbons (Fsp3) is 1.00. The summed E-state index contributed by atoms with van der Waals surface area (Å²) in [5.41, 5.74) is 0. The molecule has 0 aromatic heterocycles. The van der Waals surface area contributed by atoms with Gasteiger partial charge < -0.3 is 5.32 Å². The summed E-state index contributed by atoms with van der Waals surface area (Å²) in [5, 5.41) is 4.61. The van der Waals surface area contributed by atoms with Crippen LogP contribution < -0.4 is 18.9 Å². The Morgan fingerprint density at radius 2 is 0.833 bits per heavy atom. The minimum atomic E-state index is 0. The first-order valence-electron chi connectivity index (χ1n) is 8.05. The summed E-state index contributed by atoms with van der Waals surface area (Å²) < 4.78 is 0. The van der Waals surface area contributed by atoms with Crippen LogP contribution in [0.3, 0.4) is 0 Å². The summed E-state index contributed by atoms with van der Waals surface area (Å²) in [6.45, 7) is 6.77. The second-order valence-electron chi connectivity index (χ2n) is 5.21. The van der Waals surface area contributed by atoms with Gasteiger partial charge in [-0.05, 0) is 0 Å². The SMILES string of the molecule is CCCCCCCC[N-]CCCCCCCC.[Li+]. The molecule has 18 heavy (non-hydrogen) atoms. The summed E-state index contributed by atoms with van der Waals surface area (Å²) in [5.74, 6) is 0. The third-order valence-corrected chi connectivity index (χ3v) is 3.34. The predicted octanol–water partition coefficient (Wildman–Crippen LogP) is 3.09. The number of unbranched alkanes of at least 4 members (excludes halogenated alkanes) is 10. The summed E-state index contributed by atoms with van der Waals surface area (Å²) >= 11 is 0. The van der Waals surface area contributed by atoms with Gasteiger partial charge in [-0.3, -0.25) is 0 Å². The van der Waals surface area contributed by atoms with Crippen molar-refractivity contribution in [2.75, 3.05) is 13.1 Å². The largest absolute Gasteiger partial charge is 1.00 e. The van der Waals surface area contributed by atoms with Crippen LogP contribution in [0.4, 0.5) is 0 Å². The van der Waals surface area contributed by atoms with E-state index in [-0.39, 0.29) is 18.9 Å². The molecular formula is C16H34LiN. The van der Waals surface area contributed by atoms with Gasteiger partial charge in [-0.15, -0.1) is 13.1 Å². The second kappa shape index (κ2) is 19.9. The molecule has 0 atom stereocenters. The van der Waals surface area contributed by atoms with Crippen LogP contribution in [0.2, 0.25) is 0 Å². The molecule has 0 radical (unpaired) electrons. The molecule has 0 spiro atoms. The van der Waals surface area contributed by atoms with E-state index in [4.69, 9.17) is 0 Å². The van der Waals surface area contributed by atoms with Crippen LogP contribution in [0.1, 0.15) is 90.9 Å². The van der Waals surface area contributed by atoms with Gasteiger partial charge in [-0.25, -0.2) is 0 Å². The standard InChI is InChI=1S/C16H34N.Li/c1-3-5-7-9-11-13-15-17-16-14-12-10-8-6-4-2;/h3-16H2,1-2H3;/q-1;+1. The van der Waals surface area contributed by atoms with E-state index in [2.05, 4.69) is 19.2 Å². The van der Waals surface area contributed by atoms with Gasteiger partial charge in [-0.2, -0.15) is 0 Å². The molecule has 0 aliphatic heterocycles. The molecule has 0 saturated heterocycles. The molecule has 0 rings (SSSR count). The van der Waals surface area contributed by atoms with Gasteiger partial charge in [0.15, 0.2) is 0 Å². The zero-order valence-electron chi connectivity index (χ0n) is 13.3. The third kappa shape index (κ3) is 18.9. The summed E-state index contributed by atoms with van der Waals surface area (Å²) in [6, 6.07) is 0. The van der Waals surface area contributed by atoms with E-state index in [0.29, 0.717) is 0 Å². The number of hydrogen-bond donors (Lipinski definition) is 0. The monoisotopic (exact) mass is 247 g/mol. The zero-order valence-corrected chi connectivity index (χ0v) is 13.3. The maximum atomic E-state index is 4.61. The molecular weight excluding hydrogens is 213 g/mol. The Morgan fingerprint density at radius 3 is 1.22 bits per heavy atom. The third-order valence-electron chi connectivity index (χ3n) is 3.34. The van der Waals surface area contributed by atoms with Crippen LogP contribution in [-0.2, 0) is 0 Å². The number of hydrogen-bond acceptors (Lipinski definition) is 0. The van der Waals surface area contributed by atoms with Crippen molar-refractivity contribution in [3.8, 4) is 0 Å². The van der Waals surface area contributed by atoms with Gasteiger partial charge in [-0.1, -0.05) is 90.9 Å². The maximum Gasteiger partial charge on any atom is 1.00 e. The molecule has 0 fully saturated rings. The molecule has 0 unspecified atom stereocenters. The van der Waals surface area contributed by atoms with E-state index in [0.717, 1.165) is 13.1 Å². The van der Waals surface area contributed by atoms with Crippen molar-refractivity contribution in [1.82, 2.24) is 0 Å². The van der Waals surface area contributed by atoms with Crippen molar-refractivity contribution in [3.63, 3.8) is 0 Å². The Balaban J connectivity index is 0. The van der Waals surface area contributed by atoms with E-state index in [1.165, 1.54) is 77.0 Å². The number of rotatable bonds is 14. The molecule has 1 nitrogen and oxygen atoms in total. The molecule has 0 heterocycles. The van der Waals surface area contributed by atoms with Gasteiger partial charge in [0.05, 0.1) is 0 Å². The van der Waals surface area contributed by atoms with Gasteiger partial charge in [0, 0.05) is 0 Å². The molecule has 0 saturated carbocycles. The molecule has 0 bridgehead atoms. The Hall–Kier alpha value is 0.557. The Labute approximate surface area is 128 Å². The van der Waals surface area contributed by atoms with Gasteiger partial charge in [0.2, 0.25) is 0 Å². The second-order valence-corrected chi connectivity index (χ2v) is 5.21. The molecule has 0 amide bonds. The first kappa shape index (κ1) is 20.9. The van der Waals surface area contributed by atoms with E-state index in [9.17, 15) is 0 Å². The minimum Gasteiger partial charge on any atom is -0.662 e. The first-order chi connectivity index (χ1) is 8.41. The summed E-state index contributed by atoms with van der Waals surface area (Å²) in [4.78, 5) is 0. The number of nitrogens with zero attached hydrogens (tertiary/aromatic N) is 1. The Kier molecular flexibility index (Phi) is 23.1. The van der Waals surface area contributed by atoms with Crippen molar-refractivity contribution in [1.29, 1.82) is 0 Å². The maximum absolute atomic E-state index is 4.61. The Morgan fingerprint density at radius 1 is 0.500 bits per heavy atom. The summed E-state index contributed by atoms with van der Waals surface area (Å²) in [7, 11) is 0. The van der Waals surface area contributed by atoms with Crippen LogP contribution in [-0.4, -0.2) is 13.1 Å². The van der Waals surface area contributed by atoms with Gasteiger partial charge >= 0.3 is 18.9 Å². The molecule has 0 aliphatic rings. The van der Waals surface area contributed by atoms with Crippen molar-refractivity contribution < 1.29 is 18.9 Å². The Bertz CT molecular complexity index is 114. The van der Waals surface area contributed by atoms with Crippen molar-refractivity contribution >= 4 is 0 Å². The van der Waals surface area contributed by atoms with Crippen LogP contribution in [0.25, 0.3) is 5.32 Å². The summed E-state index contributed by atoms with van der Waals surface area (Å²) in [6.07, 6.45) is 16.6. The van der Waals surface area contributed by atoms with Gasteiger partial charge in [0.25, 0.3) is 0 Å². The van der Waals surface area contributed by atoms with Crippen LogP contribution in [0, 0.1) is 0 Å². The zero-order chi connectivity index (χ0) is 12.6. The molecule has 2 heteroatoms. The van der Waals surface area contributed by atoms with E-state index in [1.807, 2.05) is 0 Å². The quantitative estimate of drug-likeness (QED) is 0.331. The minimum absolute atomic E-state index is 0. The van der Waals surface area contributed by atoms with Crippen LogP contribution in [0.5, 0.6) is 0 Å². The normalized spacial score (nSPS) is 10.3. The predicted molar refractivity (Wildman–Crippen MR) is 79.8 cm³/mol. The van der Waals surface area contributed by atoms with Crippen molar-refractivity contribution in [2.24, 2.45) is 0 Å². The van der Waals surface area contributed by atoms with E-state index >= 15 is 0 Å². The molecule has 0 N–H and O–H groups in total. The fourth-order valence-electron chi connectivity index (χ4n) is 2.12. The molecule has 0 aliphatic carbocycles. The van der Waals surface area contributed by atoms with Crippen LogP contribution >= 0.6 is 0 Å². The topological polar surface area (TPSA) is 14.1 Å². The van der Waals surface area contributed by atoms with E-state index in [1.54, 1.807) is 0 Å². The molecule has 0 aromatic carbocycles.